The monoisotopic (exact) mass is 464 g/mol. The number of aromatic nitrogens is 3. The van der Waals surface area contributed by atoms with Crippen molar-refractivity contribution < 1.29 is 9.50 Å². The van der Waals surface area contributed by atoms with Crippen LogP contribution in [0, 0.1) is 5.92 Å². The van der Waals surface area contributed by atoms with Crippen molar-refractivity contribution >= 4 is 34.0 Å². The van der Waals surface area contributed by atoms with E-state index in [4.69, 9.17) is 4.98 Å². The van der Waals surface area contributed by atoms with E-state index in [-0.39, 0.29) is 6.54 Å². The van der Waals surface area contributed by atoms with Crippen LogP contribution >= 0.6 is 0 Å². The smallest absolute Gasteiger partial charge is 0.227 e. The average molecular weight is 465 g/mol. The maximum Gasteiger partial charge on any atom is 0.227 e. The van der Waals surface area contributed by atoms with Crippen LogP contribution in [-0.4, -0.2) is 58.0 Å². The second-order valence-electron chi connectivity index (χ2n) is 10.3. The Balaban J connectivity index is 1.43. The molecule has 0 aliphatic carbocycles. The van der Waals surface area contributed by atoms with E-state index in [1.54, 1.807) is 17.2 Å². The van der Waals surface area contributed by atoms with Gasteiger partial charge in [-0.1, -0.05) is 26.8 Å². The molecule has 8 heteroatoms. The van der Waals surface area contributed by atoms with Crippen LogP contribution in [0.4, 0.5) is 27.7 Å². The van der Waals surface area contributed by atoms with Gasteiger partial charge in [-0.2, -0.15) is 4.98 Å². The number of halogens is 1. The number of aliphatic hydroxyl groups excluding tert-OH is 1. The van der Waals surface area contributed by atoms with Crippen molar-refractivity contribution in [3.8, 4) is 0 Å². The number of fused-ring (bicyclic) bond motifs is 1. The Kier molecular flexibility index (Phi) is 5.80. The van der Waals surface area contributed by atoms with Gasteiger partial charge in [0.05, 0.1) is 12.6 Å². The first-order valence-corrected chi connectivity index (χ1v) is 12.1. The van der Waals surface area contributed by atoms with E-state index >= 15 is 0 Å². The highest BCUT2D eigenvalue weighted by Gasteiger charge is 2.39. The summed E-state index contributed by atoms with van der Waals surface area (Å²) in [5, 5.41) is 15.6. The molecule has 2 aliphatic rings. The summed E-state index contributed by atoms with van der Waals surface area (Å²) in [6, 6.07) is 8.33. The minimum absolute atomic E-state index is 0.0570. The van der Waals surface area contributed by atoms with Gasteiger partial charge in [0.15, 0.2) is 5.67 Å². The molecule has 2 saturated heterocycles. The molecule has 2 aliphatic heterocycles. The van der Waals surface area contributed by atoms with E-state index in [1.807, 2.05) is 6.20 Å². The van der Waals surface area contributed by atoms with Gasteiger partial charge in [0.25, 0.3) is 0 Å². The Morgan fingerprint density at radius 3 is 2.62 bits per heavy atom. The molecule has 3 aromatic rings. The van der Waals surface area contributed by atoms with Crippen molar-refractivity contribution in [1.29, 1.82) is 0 Å². The van der Waals surface area contributed by atoms with Crippen LogP contribution in [0.25, 0.3) is 10.8 Å². The van der Waals surface area contributed by atoms with Crippen LogP contribution in [0.2, 0.25) is 0 Å². The van der Waals surface area contributed by atoms with Crippen molar-refractivity contribution in [3.05, 3.63) is 42.2 Å². The molecule has 0 spiro atoms. The molecule has 7 nitrogen and oxygen atoms in total. The minimum Gasteiger partial charge on any atom is -0.390 e. The zero-order valence-electron chi connectivity index (χ0n) is 20.3. The number of nitrogens with one attached hydrogen (secondary N) is 1. The summed E-state index contributed by atoms with van der Waals surface area (Å²) in [5.74, 6) is 2.86. The predicted octanol–water partition coefficient (Wildman–Crippen LogP) is 4.65. The summed E-state index contributed by atoms with van der Waals surface area (Å²) in [4.78, 5) is 17.8. The fourth-order valence-electron chi connectivity index (χ4n) is 5.00. The zero-order chi connectivity index (χ0) is 24.0. The maximum absolute atomic E-state index is 14.7. The SMILES string of the molecule is CC1CN(c2ccc(C(C)C)c3cc(Nc4ccnc(N5CCC(O)C(C)(F)C5)n4)ncc23)C1. The lowest BCUT2D eigenvalue weighted by atomic mass is 9.93. The number of nitrogens with zero attached hydrogens (tertiary/aromatic N) is 5. The van der Waals surface area contributed by atoms with Gasteiger partial charge in [0.2, 0.25) is 5.95 Å². The number of anilines is 4. The van der Waals surface area contributed by atoms with Crippen LogP contribution in [0.5, 0.6) is 0 Å². The number of piperidine rings is 1. The van der Waals surface area contributed by atoms with E-state index in [0.717, 1.165) is 19.0 Å². The third-order valence-corrected chi connectivity index (χ3v) is 6.99. The fourth-order valence-corrected chi connectivity index (χ4v) is 5.00. The van der Waals surface area contributed by atoms with Crippen molar-refractivity contribution in [2.45, 2.75) is 51.8 Å². The number of pyridine rings is 1. The van der Waals surface area contributed by atoms with Crippen LogP contribution in [0.3, 0.4) is 0 Å². The molecule has 1 aromatic carbocycles. The number of alkyl halides is 1. The molecule has 34 heavy (non-hydrogen) atoms. The first kappa shape index (κ1) is 22.8. The zero-order valence-corrected chi connectivity index (χ0v) is 20.3. The lowest BCUT2D eigenvalue weighted by Crippen LogP contribution is -2.52. The van der Waals surface area contributed by atoms with Crippen LogP contribution in [-0.2, 0) is 0 Å². The van der Waals surface area contributed by atoms with Gasteiger partial charge in [-0.15, -0.1) is 0 Å². The molecule has 0 amide bonds. The number of benzene rings is 1. The Labute approximate surface area is 200 Å². The van der Waals surface area contributed by atoms with E-state index < -0.39 is 11.8 Å². The average Bonchev–Trinajstić information content (AvgIpc) is 2.78. The fraction of sp³-hybridized carbons (Fsp3) is 0.500. The van der Waals surface area contributed by atoms with Crippen LogP contribution in [0.1, 0.15) is 45.6 Å². The standard InChI is InChI=1S/C26H33FN6O/c1-16(2)18-5-6-21(33-13-17(3)14-33)20-12-29-24(11-19(18)20)30-23-7-9-28-25(31-23)32-10-8-22(34)26(4,27)15-32/h5-7,9,11-12,16-17,22,34H,8,10,13-15H2,1-4H3,(H,28,29,30,31). The molecule has 2 fully saturated rings. The first-order chi connectivity index (χ1) is 16.2. The molecule has 2 aromatic heterocycles. The molecular weight excluding hydrogens is 431 g/mol. The number of rotatable bonds is 5. The lowest BCUT2D eigenvalue weighted by Gasteiger charge is -2.40. The topological polar surface area (TPSA) is 77.4 Å². The van der Waals surface area contributed by atoms with Gasteiger partial charge >= 0.3 is 0 Å². The summed E-state index contributed by atoms with van der Waals surface area (Å²) in [5.41, 5.74) is 0.835. The molecule has 4 heterocycles. The van der Waals surface area contributed by atoms with Crippen molar-refractivity contribution in [2.75, 3.05) is 41.3 Å². The summed E-state index contributed by atoms with van der Waals surface area (Å²) in [6.45, 7) is 10.8. The van der Waals surface area contributed by atoms with E-state index in [9.17, 15) is 9.50 Å². The van der Waals surface area contributed by atoms with Gasteiger partial charge in [0, 0.05) is 43.1 Å². The molecule has 2 atom stereocenters. The number of hydrogen-bond acceptors (Lipinski definition) is 7. The first-order valence-electron chi connectivity index (χ1n) is 12.1. The highest BCUT2D eigenvalue weighted by Crippen LogP contribution is 2.37. The molecular formula is C26H33FN6O. The van der Waals surface area contributed by atoms with Crippen LogP contribution < -0.4 is 15.1 Å². The molecule has 2 unspecified atom stereocenters. The second kappa shape index (κ2) is 8.65. The summed E-state index contributed by atoms with van der Waals surface area (Å²) in [6.07, 6.45) is 2.99. The molecule has 180 valence electrons. The van der Waals surface area contributed by atoms with E-state index in [1.165, 1.54) is 28.9 Å². The Morgan fingerprint density at radius 1 is 1.12 bits per heavy atom. The number of hydrogen-bond donors (Lipinski definition) is 2. The molecule has 0 radical (unpaired) electrons. The third kappa shape index (κ3) is 4.27. The van der Waals surface area contributed by atoms with Crippen molar-refractivity contribution in [2.24, 2.45) is 5.92 Å². The number of aliphatic hydroxyl groups is 1. The maximum atomic E-state index is 14.7. The molecule has 5 rings (SSSR count). The predicted molar refractivity (Wildman–Crippen MR) is 135 cm³/mol. The largest absolute Gasteiger partial charge is 0.390 e. The molecule has 0 bridgehead atoms. The summed E-state index contributed by atoms with van der Waals surface area (Å²) < 4.78 is 14.7. The van der Waals surface area contributed by atoms with Gasteiger partial charge in [-0.25, -0.2) is 14.4 Å². The second-order valence-corrected chi connectivity index (χ2v) is 10.3. The Morgan fingerprint density at radius 2 is 1.91 bits per heavy atom. The lowest BCUT2D eigenvalue weighted by molar-refractivity contribution is -0.00860. The van der Waals surface area contributed by atoms with Crippen molar-refractivity contribution in [3.63, 3.8) is 0 Å². The third-order valence-electron chi connectivity index (χ3n) is 6.99. The van der Waals surface area contributed by atoms with Gasteiger partial charge in [-0.05, 0) is 54.3 Å². The normalized spacial score (nSPS) is 23.4. The quantitative estimate of drug-likeness (QED) is 0.569. The highest BCUT2D eigenvalue weighted by atomic mass is 19.1. The van der Waals surface area contributed by atoms with Gasteiger partial charge in [-0.3, -0.25) is 0 Å². The van der Waals surface area contributed by atoms with E-state index in [0.29, 0.717) is 36.5 Å². The molecule has 0 saturated carbocycles. The Bertz CT molecular complexity index is 1190. The van der Waals surface area contributed by atoms with Gasteiger partial charge < -0.3 is 20.2 Å². The summed E-state index contributed by atoms with van der Waals surface area (Å²) in [7, 11) is 0. The minimum atomic E-state index is -1.69. The highest BCUT2D eigenvalue weighted by molar-refractivity contribution is 5.98. The Hall–Kier alpha value is -3.00. The van der Waals surface area contributed by atoms with E-state index in [2.05, 4.69) is 59.2 Å². The van der Waals surface area contributed by atoms with Crippen molar-refractivity contribution in [1.82, 2.24) is 15.0 Å². The van der Waals surface area contributed by atoms with Crippen LogP contribution in [0.15, 0.2) is 36.7 Å². The molecule has 2 N–H and O–H groups in total. The summed E-state index contributed by atoms with van der Waals surface area (Å²) >= 11 is 0. The van der Waals surface area contributed by atoms with Gasteiger partial charge in [0.1, 0.15) is 11.6 Å².